The van der Waals surface area contributed by atoms with E-state index >= 15 is 0 Å². The molecule has 1 aromatic rings. The van der Waals surface area contributed by atoms with E-state index in [-0.39, 0.29) is 5.82 Å². The second-order valence-electron chi connectivity index (χ2n) is 5.18. The monoisotopic (exact) mass is 269 g/mol. The molecule has 0 radical (unpaired) electrons. The average Bonchev–Trinajstić information content (AvgIpc) is 2.70. The van der Waals surface area contributed by atoms with Gasteiger partial charge in [0.05, 0.1) is 11.4 Å². The normalized spacial score (nSPS) is 16.7. The lowest BCUT2D eigenvalue weighted by atomic mass is 10.1. The van der Waals surface area contributed by atoms with Crippen molar-refractivity contribution in [1.29, 1.82) is 0 Å². The largest absolute Gasteiger partial charge is 0.493 e. The van der Waals surface area contributed by atoms with Crippen molar-refractivity contribution >= 4 is 17.2 Å². The predicted octanol–water partition coefficient (Wildman–Crippen LogP) is 2.64. The summed E-state index contributed by atoms with van der Waals surface area (Å²) in [6.45, 7) is 6.05. The van der Waals surface area contributed by atoms with Crippen LogP contribution in [0.3, 0.4) is 0 Å². The first-order valence-electron chi connectivity index (χ1n) is 5.79. The molecule has 18 heavy (non-hydrogen) atoms. The minimum atomic E-state index is -1.38. The molecule has 0 saturated heterocycles. The third-order valence-corrected chi connectivity index (χ3v) is 3.96. The topological polar surface area (TPSA) is 38.7 Å². The second kappa shape index (κ2) is 4.80. The van der Waals surface area contributed by atoms with E-state index < -0.39 is 15.7 Å². The molecule has 1 unspecified atom stereocenters. The van der Waals surface area contributed by atoms with Gasteiger partial charge in [0.2, 0.25) is 0 Å². The van der Waals surface area contributed by atoms with Gasteiger partial charge >= 0.3 is 0 Å². The summed E-state index contributed by atoms with van der Waals surface area (Å²) >= 11 is 0. The van der Waals surface area contributed by atoms with Crippen LogP contribution < -0.4 is 4.74 Å². The number of hydrogen-bond donors (Lipinski definition) is 0. The van der Waals surface area contributed by atoms with Gasteiger partial charge in [0.1, 0.15) is 22.6 Å². The van der Waals surface area contributed by atoms with E-state index in [1.54, 1.807) is 6.07 Å². The van der Waals surface area contributed by atoms with Crippen LogP contribution in [-0.4, -0.2) is 21.8 Å². The van der Waals surface area contributed by atoms with E-state index in [4.69, 9.17) is 4.74 Å². The van der Waals surface area contributed by atoms with Crippen LogP contribution in [0.5, 0.6) is 5.75 Å². The van der Waals surface area contributed by atoms with Crippen LogP contribution in [0.1, 0.15) is 31.9 Å². The highest BCUT2D eigenvalue weighted by atomic mass is 32.2. The highest BCUT2D eigenvalue weighted by Crippen LogP contribution is 2.27. The highest BCUT2D eigenvalue weighted by Gasteiger charge is 2.19. The molecule has 2 rings (SSSR count). The number of halogens is 1. The summed E-state index contributed by atoms with van der Waals surface area (Å²) in [6, 6.07) is 3.07. The van der Waals surface area contributed by atoms with Crippen molar-refractivity contribution in [3.63, 3.8) is 0 Å². The van der Waals surface area contributed by atoms with Gasteiger partial charge < -0.3 is 4.74 Å². The average molecular weight is 269 g/mol. The molecule has 0 N–H and O–H groups in total. The maximum absolute atomic E-state index is 13.7. The number of benzene rings is 1. The van der Waals surface area contributed by atoms with E-state index in [0.29, 0.717) is 17.9 Å². The van der Waals surface area contributed by atoms with Crippen molar-refractivity contribution in [3.8, 4) is 5.75 Å². The Morgan fingerprint density at radius 1 is 1.44 bits per heavy atom. The smallest absolute Gasteiger partial charge is 0.144 e. The Bertz CT molecular complexity index is 520. The third kappa shape index (κ3) is 2.77. The minimum absolute atomic E-state index is 0.313. The Balaban J connectivity index is 2.25. The molecule has 0 fully saturated rings. The summed E-state index contributed by atoms with van der Waals surface area (Å²) < 4.78 is 34.3. The lowest BCUT2D eigenvalue weighted by molar-refractivity contribution is 0.356. The number of ether oxygens (including phenoxy) is 1. The van der Waals surface area contributed by atoms with Gasteiger partial charge in [-0.25, -0.2) is 8.60 Å². The van der Waals surface area contributed by atoms with Crippen molar-refractivity contribution in [1.82, 2.24) is 0 Å². The first kappa shape index (κ1) is 13.2. The van der Waals surface area contributed by atoms with Crippen LogP contribution in [0.4, 0.5) is 4.39 Å². The molecule has 1 heterocycles. The van der Waals surface area contributed by atoms with E-state index in [2.05, 4.69) is 4.40 Å². The van der Waals surface area contributed by atoms with Gasteiger partial charge in [0, 0.05) is 23.8 Å². The van der Waals surface area contributed by atoms with Gasteiger partial charge in [-0.3, -0.25) is 0 Å². The lowest BCUT2D eigenvalue weighted by Gasteiger charge is -2.12. The number of hydrogen-bond acceptors (Lipinski definition) is 2. The van der Waals surface area contributed by atoms with Crippen LogP contribution in [-0.2, 0) is 17.4 Å². The summed E-state index contributed by atoms with van der Waals surface area (Å²) in [7, 11) is -1.38. The van der Waals surface area contributed by atoms with Crippen LogP contribution in [0.2, 0.25) is 0 Å². The van der Waals surface area contributed by atoms with Crippen LogP contribution in [0.15, 0.2) is 16.5 Å². The van der Waals surface area contributed by atoms with Crippen LogP contribution >= 0.6 is 0 Å². The van der Waals surface area contributed by atoms with Crippen molar-refractivity contribution in [3.05, 3.63) is 29.1 Å². The zero-order chi connectivity index (χ0) is 13.3. The molecule has 0 aliphatic carbocycles. The fraction of sp³-hybridized carbons (Fsp3) is 0.462. The fourth-order valence-electron chi connectivity index (χ4n) is 1.57. The molecule has 98 valence electrons. The van der Waals surface area contributed by atoms with Gasteiger partial charge in [-0.15, -0.1) is 0 Å². The molecule has 1 aliphatic heterocycles. The summed E-state index contributed by atoms with van der Waals surface area (Å²) in [5, 5.41) is 0. The Labute approximate surface area is 109 Å². The SMILES string of the molecule is CC(C)(C)S(=O)N=Cc1cc2c(cc1F)CCO2. The molecule has 0 saturated carbocycles. The van der Waals surface area contributed by atoms with Crippen LogP contribution in [0.25, 0.3) is 0 Å². The maximum Gasteiger partial charge on any atom is 0.144 e. The molecular weight excluding hydrogens is 253 g/mol. The standard InChI is InChI=1S/C13H16FNO2S/c1-13(2,3)18(16)15-8-10-7-12-9(4-5-17-12)6-11(10)14/h6-8H,4-5H2,1-3H3. The van der Waals surface area contributed by atoms with Crippen LogP contribution in [0, 0.1) is 5.82 Å². The first-order chi connectivity index (χ1) is 8.38. The molecule has 5 heteroatoms. The first-order valence-corrected chi connectivity index (χ1v) is 6.90. The summed E-state index contributed by atoms with van der Waals surface area (Å²) in [6.07, 6.45) is 2.05. The molecule has 0 aromatic heterocycles. The number of nitrogens with zero attached hydrogens (tertiary/aromatic N) is 1. The van der Waals surface area contributed by atoms with Gasteiger partial charge in [0.15, 0.2) is 0 Å². The van der Waals surface area contributed by atoms with E-state index in [9.17, 15) is 8.60 Å². The number of rotatable bonds is 2. The third-order valence-electron chi connectivity index (χ3n) is 2.62. The van der Waals surface area contributed by atoms with E-state index in [1.165, 1.54) is 12.3 Å². The lowest BCUT2D eigenvalue weighted by Crippen LogP contribution is -2.19. The zero-order valence-electron chi connectivity index (χ0n) is 10.7. The van der Waals surface area contributed by atoms with Crippen molar-refractivity contribution in [2.45, 2.75) is 31.9 Å². The number of fused-ring (bicyclic) bond motifs is 1. The Morgan fingerprint density at radius 2 is 2.17 bits per heavy atom. The predicted molar refractivity (Wildman–Crippen MR) is 71.1 cm³/mol. The van der Waals surface area contributed by atoms with Gasteiger partial charge in [-0.05, 0) is 32.9 Å². The Kier molecular flexibility index (Phi) is 3.52. The Morgan fingerprint density at radius 3 is 2.83 bits per heavy atom. The molecule has 0 bridgehead atoms. The van der Waals surface area contributed by atoms with Crippen molar-refractivity contribution in [2.75, 3.05) is 6.61 Å². The fourth-order valence-corrected chi connectivity index (χ4v) is 2.10. The Hall–Kier alpha value is -1.23. The molecule has 0 amide bonds. The summed E-state index contributed by atoms with van der Waals surface area (Å²) in [4.78, 5) is 0. The molecule has 0 spiro atoms. The van der Waals surface area contributed by atoms with E-state index in [1.807, 2.05) is 20.8 Å². The second-order valence-corrected chi connectivity index (χ2v) is 7.11. The van der Waals surface area contributed by atoms with E-state index in [0.717, 1.165) is 12.0 Å². The van der Waals surface area contributed by atoms with Gasteiger partial charge in [0.25, 0.3) is 0 Å². The molecular formula is C13H16FNO2S. The molecule has 3 nitrogen and oxygen atoms in total. The molecule has 1 aromatic carbocycles. The quantitative estimate of drug-likeness (QED) is 0.774. The summed E-state index contributed by atoms with van der Waals surface area (Å²) in [5.41, 5.74) is 1.19. The molecule has 1 atom stereocenters. The van der Waals surface area contributed by atoms with Crippen molar-refractivity contribution in [2.24, 2.45) is 4.40 Å². The summed E-state index contributed by atoms with van der Waals surface area (Å²) in [5.74, 6) is 0.341. The zero-order valence-corrected chi connectivity index (χ0v) is 11.5. The minimum Gasteiger partial charge on any atom is -0.493 e. The maximum atomic E-state index is 13.7. The van der Waals surface area contributed by atoms with Crippen molar-refractivity contribution < 1.29 is 13.3 Å². The highest BCUT2D eigenvalue weighted by molar-refractivity contribution is 7.85. The van der Waals surface area contributed by atoms with Gasteiger partial charge in [-0.2, -0.15) is 4.40 Å². The molecule has 1 aliphatic rings. The van der Waals surface area contributed by atoms with Gasteiger partial charge in [-0.1, -0.05) is 0 Å².